The highest BCUT2D eigenvalue weighted by molar-refractivity contribution is 6.06. The fourth-order valence-corrected chi connectivity index (χ4v) is 5.41. The summed E-state index contributed by atoms with van der Waals surface area (Å²) < 4.78 is 21.6. The van der Waals surface area contributed by atoms with Crippen molar-refractivity contribution in [1.29, 1.82) is 0 Å². The smallest absolute Gasteiger partial charge is 0.341 e. The Morgan fingerprint density at radius 2 is 1.76 bits per heavy atom. The Morgan fingerprint density at radius 3 is 2.44 bits per heavy atom. The maximum Gasteiger partial charge on any atom is 0.341 e. The topological polar surface area (TPSA) is 87.9 Å². The molecule has 0 radical (unpaired) electrons. The summed E-state index contributed by atoms with van der Waals surface area (Å²) in [7, 11) is 2.97. The lowest BCUT2D eigenvalue weighted by atomic mass is 9.69. The van der Waals surface area contributed by atoms with Crippen LogP contribution in [0.2, 0.25) is 0 Å². The molecule has 0 unspecified atom stereocenters. The van der Waals surface area contributed by atoms with E-state index in [-0.39, 0.29) is 17.9 Å². The highest BCUT2D eigenvalue weighted by Gasteiger charge is 2.35. The molecule has 5 rings (SSSR count). The Balaban J connectivity index is 1.59. The Kier molecular flexibility index (Phi) is 7.72. The maximum absolute atomic E-state index is 13.9. The number of fused-ring (bicyclic) bond motifs is 2. The van der Waals surface area contributed by atoms with E-state index in [1.165, 1.54) is 7.11 Å². The summed E-state index contributed by atoms with van der Waals surface area (Å²) in [4.78, 5) is 31.0. The molecule has 41 heavy (non-hydrogen) atoms. The summed E-state index contributed by atoms with van der Waals surface area (Å²) in [5, 5.41) is 0.750. The zero-order valence-corrected chi connectivity index (χ0v) is 24.4. The Bertz CT molecular complexity index is 1640. The Hall–Kier alpha value is -4.39. The van der Waals surface area contributed by atoms with Gasteiger partial charge in [-0.15, -0.1) is 0 Å². The van der Waals surface area contributed by atoms with E-state index in [1.807, 2.05) is 48.5 Å². The number of allylic oxidation sites excluding steroid dienone is 1. The molecule has 0 saturated heterocycles. The molecule has 0 bridgehead atoms. The van der Waals surface area contributed by atoms with Gasteiger partial charge >= 0.3 is 11.9 Å². The molecular formula is C34H35NO6. The van der Waals surface area contributed by atoms with E-state index in [9.17, 15) is 9.59 Å². The number of furan rings is 1. The van der Waals surface area contributed by atoms with Crippen molar-refractivity contribution in [2.45, 2.75) is 47.1 Å². The summed E-state index contributed by atoms with van der Waals surface area (Å²) in [6.07, 6.45) is 3.70. The quantitative estimate of drug-likeness (QED) is 0.229. The van der Waals surface area contributed by atoms with Gasteiger partial charge in [-0.2, -0.15) is 0 Å². The van der Waals surface area contributed by atoms with E-state index in [4.69, 9.17) is 23.6 Å². The summed E-state index contributed by atoms with van der Waals surface area (Å²) in [5.74, 6) is 0.911. The van der Waals surface area contributed by atoms with E-state index in [0.29, 0.717) is 29.1 Å². The van der Waals surface area contributed by atoms with Gasteiger partial charge in [0.1, 0.15) is 29.4 Å². The minimum absolute atomic E-state index is 0.000506. The van der Waals surface area contributed by atoms with E-state index < -0.39 is 11.9 Å². The van der Waals surface area contributed by atoms with Crippen LogP contribution in [0, 0.1) is 18.3 Å². The average Bonchev–Trinajstić information content (AvgIpc) is 3.34. The maximum atomic E-state index is 13.9. The van der Waals surface area contributed by atoms with Gasteiger partial charge in [-0.05, 0) is 78.1 Å². The van der Waals surface area contributed by atoms with Gasteiger partial charge < -0.3 is 18.6 Å². The van der Waals surface area contributed by atoms with Gasteiger partial charge in [-0.25, -0.2) is 14.6 Å². The van der Waals surface area contributed by atoms with Gasteiger partial charge in [-0.3, -0.25) is 0 Å². The number of nitrogens with zero attached hydrogens (tertiary/aromatic N) is 1. The third kappa shape index (κ3) is 5.75. The molecule has 0 N–H and O–H groups in total. The number of aromatic nitrogens is 1. The predicted octanol–water partition coefficient (Wildman–Crippen LogP) is 7.44. The number of para-hydroxylation sites is 1. The largest absolute Gasteiger partial charge is 0.497 e. The highest BCUT2D eigenvalue weighted by atomic mass is 16.5. The molecule has 1 atom stereocenters. The van der Waals surface area contributed by atoms with Crippen molar-refractivity contribution in [3.05, 3.63) is 94.1 Å². The third-order valence-electron chi connectivity index (χ3n) is 7.82. The molecule has 7 nitrogen and oxygen atoms in total. The zero-order valence-electron chi connectivity index (χ0n) is 24.4. The number of ether oxygens (including phenoxy) is 3. The van der Waals surface area contributed by atoms with E-state index in [0.717, 1.165) is 45.5 Å². The van der Waals surface area contributed by atoms with E-state index in [1.54, 1.807) is 20.1 Å². The van der Waals surface area contributed by atoms with Gasteiger partial charge in [-0.1, -0.05) is 51.1 Å². The number of benzene rings is 2. The molecule has 1 aliphatic carbocycles. The fraction of sp³-hybridized carbons (Fsp3) is 0.324. The molecular weight excluding hydrogens is 518 g/mol. The molecule has 1 aliphatic rings. The first kappa shape index (κ1) is 28.1. The van der Waals surface area contributed by atoms with Crippen LogP contribution in [0.25, 0.3) is 22.6 Å². The number of hydrogen-bond acceptors (Lipinski definition) is 7. The molecule has 0 saturated carbocycles. The van der Waals surface area contributed by atoms with Crippen molar-refractivity contribution < 1.29 is 28.2 Å². The number of rotatable bonds is 6. The minimum atomic E-state index is -0.498. The van der Waals surface area contributed by atoms with Crippen LogP contribution in [0.15, 0.2) is 59.0 Å². The molecule has 2 aromatic carbocycles. The van der Waals surface area contributed by atoms with Crippen molar-refractivity contribution in [3.8, 4) is 5.75 Å². The standard InChI is InChI=1S/C34H35NO6/c1-20-27(32(36)39-6)18-25(41-20)19-40-33(37)30-26-9-7-8-10-29(26)35-31-22(15-21-11-13-24(38-5)14-12-21)16-23(17-28(30)31)34(2,3)4/h7-15,18,23H,16-17,19H2,1-6H3/b22-15+/t23-/m0/s1. The normalized spacial score (nSPS) is 16.0. The highest BCUT2D eigenvalue weighted by Crippen LogP contribution is 2.45. The number of hydrogen-bond donors (Lipinski definition) is 0. The summed E-state index contributed by atoms with van der Waals surface area (Å²) in [5.41, 5.74) is 5.41. The Labute approximate surface area is 240 Å². The molecule has 7 heteroatoms. The number of methoxy groups -OCH3 is 2. The van der Waals surface area contributed by atoms with Crippen molar-refractivity contribution >= 4 is 34.5 Å². The van der Waals surface area contributed by atoms with Gasteiger partial charge in [0.25, 0.3) is 0 Å². The second kappa shape index (κ2) is 11.2. The molecule has 2 aromatic heterocycles. The first-order chi connectivity index (χ1) is 19.6. The summed E-state index contributed by atoms with van der Waals surface area (Å²) in [6, 6.07) is 17.2. The summed E-state index contributed by atoms with van der Waals surface area (Å²) in [6.45, 7) is 8.27. The Morgan fingerprint density at radius 1 is 1.02 bits per heavy atom. The van der Waals surface area contributed by atoms with Crippen LogP contribution in [-0.4, -0.2) is 31.1 Å². The van der Waals surface area contributed by atoms with Crippen LogP contribution in [0.5, 0.6) is 5.75 Å². The predicted molar refractivity (Wildman–Crippen MR) is 158 cm³/mol. The molecule has 212 valence electrons. The van der Waals surface area contributed by atoms with Crippen LogP contribution in [0.4, 0.5) is 0 Å². The first-order valence-electron chi connectivity index (χ1n) is 13.7. The van der Waals surface area contributed by atoms with Crippen LogP contribution >= 0.6 is 0 Å². The molecule has 4 aromatic rings. The van der Waals surface area contributed by atoms with Crippen LogP contribution in [0.3, 0.4) is 0 Å². The molecule has 0 fully saturated rings. The van der Waals surface area contributed by atoms with Gasteiger partial charge in [0, 0.05) is 5.39 Å². The lowest BCUT2D eigenvalue weighted by Crippen LogP contribution is -2.28. The number of aryl methyl sites for hydroxylation is 1. The molecule has 2 heterocycles. The van der Waals surface area contributed by atoms with Crippen LogP contribution in [0.1, 0.15) is 76.2 Å². The van der Waals surface area contributed by atoms with Crippen LogP contribution < -0.4 is 4.74 Å². The number of pyridine rings is 1. The fourth-order valence-electron chi connectivity index (χ4n) is 5.41. The zero-order chi connectivity index (χ0) is 29.3. The first-order valence-corrected chi connectivity index (χ1v) is 13.7. The van der Waals surface area contributed by atoms with Gasteiger partial charge in [0.05, 0.1) is 31.0 Å². The minimum Gasteiger partial charge on any atom is -0.497 e. The van der Waals surface area contributed by atoms with Crippen molar-refractivity contribution in [2.24, 2.45) is 11.3 Å². The molecule has 0 aliphatic heterocycles. The second-order valence-corrected chi connectivity index (χ2v) is 11.5. The third-order valence-corrected chi connectivity index (χ3v) is 7.82. The average molecular weight is 554 g/mol. The van der Waals surface area contributed by atoms with Gasteiger partial charge in [0.15, 0.2) is 0 Å². The number of esters is 2. The monoisotopic (exact) mass is 553 g/mol. The summed E-state index contributed by atoms with van der Waals surface area (Å²) >= 11 is 0. The van der Waals surface area contributed by atoms with Crippen molar-refractivity contribution in [2.75, 3.05) is 14.2 Å². The molecule has 0 amide bonds. The second-order valence-electron chi connectivity index (χ2n) is 11.5. The van der Waals surface area contributed by atoms with Gasteiger partial charge in [0.2, 0.25) is 0 Å². The van der Waals surface area contributed by atoms with Crippen molar-refractivity contribution in [1.82, 2.24) is 4.98 Å². The SMILES string of the molecule is COC(=O)c1cc(COC(=O)c2c3c(nc4ccccc24)/C(=C/c2ccc(OC)cc2)C[C@H](C(C)(C)C)C3)oc1C. The lowest BCUT2D eigenvalue weighted by molar-refractivity contribution is 0.0443. The van der Waals surface area contributed by atoms with Crippen LogP contribution in [-0.2, 0) is 22.5 Å². The number of carbonyl (C=O) groups is 2. The van der Waals surface area contributed by atoms with E-state index in [2.05, 4.69) is 26.8 Å². The van der Waals surface area contributed by atoms with Crippen molar-refractivity contribution in [3.63, 3.8) is 0 Å². The van der Waals surface area contributed by atoms with E-state index >= 15 is 0 Å². The lowest BCUT2D eigenvalue weighted by Gasteiger charge is -2.36. The number of carbonyl (C=O) groups excluding carboxylic acids is 2. The molecule has 0 spiro atoms.